The van der Waals surface area contributed by atoms with Gasteiger partial charge in [-0.25, -0.2) is 4.79 Å². The third-order valence-electron chi connectivity index (χ3n) is 1.76. The minimum absolute atomic E-state index is 0.0759. The van der Waals surface area contributed by atoms with Gasteiger partial charge in [-0.2, -0.15) is 0 Å². The maximum Gasteiger partial charge on any atom is 0.325 e. The SMILES string of the molecule is CCCCCNC(=O)NCC(=O)OCC. The number of urea groups is 1. The second-order valence-corrected chi connectivity index (χ2v) is 3.12. The first kappa shape index (κ1) is 13.7. The van der Waals surface area contributed by atoms with Gasteiger partial charge in [0.15, 0.2) is 0 Å². The normalized spacial score (nSPS) is 9.47. The van der Waals surface area contributed by atoms with Gasteiger partial charge >= 0.3 is 12.0 Å². The molecule has 5 nitrogen and oxygen atoms in total. The molecule has 0 aliphatic carbocycles. The van der Waals surface area contributed by atoms with Crippen LogP contribution in [0.5, 0.6) is 0 Å². The van der Waals surface area contributed by atoms with Crippen LogP contribution in [0.4, 0.5) is 4.79 Å². The summed E-state index contributed by atoms with van der Waals surface area (Å²) in [6, 6.07) is -0.320. The molecule has 15 heavy (non-hydrogen) atoms. The van der Waals surface area contributed by atoms with Crippen molar-refractivity contribution in [1.82, 2.24) is 10.6 Å². The third-order valence-corrected chi connectivity index (χ3v) is 1.76. The summed E-state index contributed by atoms with van der Waals surface area (Å²) in [4.78, 5) is 21.9. The minimum atomic E-state index is -0.416. The first-order valence-corrected chi connectivity index (χ1v) is 5.38. The summed E-state index contributed by atoms with van der Waals surface area (Å²) in [6.07, 6.45) is 3.17. The zero-order chi connectivity index (χ0) is 11.5. The van der Waals surface area contributed by atoms with Gasteiger partial charge in [0.25, 0.3) is 0 Å². The molecule has 0 aromatic rings. The molecule has 2 N–H and O–H groups in total. The highest BCUT2D eigenvalue weighted by molar-refractivity contribution is 5.80. The number of rotatable bonds is 7. The van der Waals surface area contributed by atoms with Gasteiger partial charge in [-0.15, -0.1) is 0 Å². The van der Waals surface area contributed by atoms with E-state index in [0.717, 1.165) is 19.3 Å². The van der Waals surface area contributed by atoms with Crippen molar-refractivity contribution in [2.45, 2.75) is 33.1 Å². The second-order valence-electron chi connectivity index (χ2n) is 3.12. The summed E-state index contributed by atoms with van der Waals surface area (Å²) in [6.45, 7) is 4.72. The number of hydrogen-bond donors (Lipinski definition) is 2. The summed E-state index contributed by atoms with van der Waals surface area (Å²) in [5.74, 6) is -0.416. The molecule has 0 fully saturated rings. The van der Waals surface area contributed by atoms with Crippen LogP contribution in [0.2, 0.25) is 0 Å². The van der Waals surface area contributed by atoms with Crippen molar-refractivity contribution in [3.8, 4) is 0 Å². The Morgan fingerprint density at radius 2 is 1.87 bits per heavy atom. The molecule has 0 heterocycles. The number of unbranched alkanes of at least 4 members (excludes halogenated alkanes) is 2. The Hall–Kier alpha value is -1.26. The number of carbonyl (C=O) groups is 2. The van der Waals surface area contributed by atoms with Crippen molar-refractivity contribution in [1.29, 1.82) is 0 Å². The van der Waals surface area contributed by atoms with Crippen molar-refractivity contribution >= 4 is 12.0 Å². The molecule has 0 saturated carbocycles. The topological polar surface area (TPSA) is 67.4 Å². The Balaban J connectivity index is 3.36. The van der Waals surface area contributed by atoms with Crippen LogP contribution in [-0.2, 0) is 9.53 Å². The van der Waals surface area contributed by atoms with Crippen LogP contribution in [0.15, 0.2) is 0 Å². The van der Waals surface area contributed by atoms with Crippen LogP contribution in [0.25, 0.3) is 0 Å². The van der Waals surface area contributed by atoms with E-state index in [9.17, 15) is 9.59 Å². The van der Waals surface area contributed by atoms with Gasteiger partial charge in [0.2, 0.25) is 0 Å². The van der Waals surface area contributed by atoms with Crippen molar-refractivity contribution in [2.75, 3.05) is 19.7 Å². The fourth-order valence-corrected chi connectivity index (χ4v) is 1.00. The molecule has 88 valence electrons. The average molecular weight is 216 g/mol. The molecule has 2 amide bonds. The molecule has 0 aromatic carbocycles. The van der Waals surface area contributed by atoms with Gasteiger partial charge in [0, 0.05) is 6.54 Å². The smallest absolute Gasteiger partial charge is 0.325 e. The van der Waals surface area contributed by atoms with E-state index >= 15 is 0 Å². The Morgan fingerprint density at radius 1 is 1.13 bits per heavy atom. The molecule has 0 atom stereocenters. The van der Waals surface area contributed by atoms with E-state index in [1.54, 1.807) is 6.92 Å². The van der Waals surface area contributed by atoms with E-state index in [2.05, 4.69) is 22.3 Å². The van der Waals surface area contributed by atoms with Gasteiger partial charge in [-0.3, -0.25) is 4.79 Å². The van der Waals surface area contributed by atoms with Crippen molar-refractivity contribution in [3.05, 3.63) is 0 Å². The van der Waals surface area contributed by atoms with Crippen molar-refractivity contribution in [2.24, 2.45) is 0 Å². The van der Waals surface area contributed by atoms with Crippen LogP contribution in [0.1, 0.15) is 33.1 Å². The summed E-state index contributed by atoms with van der Waals surface area (Å²) in [7, 11) is 0. The number of carbonyl (C=O) groups excluding carboxylic acids is 2. The fourth-order valence-electron chi connectivity index (χ4n) is 1.00. The highest BCUT2D eigenvalue weighted by Crippen LogP contribution is 1.90. The first-order chi connectivity index (χ1) is 7.20. The monoisotopic (exact) mass is 216 g/mol. The lowest BCUT2D eigenvalue weighted by Crippen LogP contribution is -2.39. The van der Waals surface area contributed by atoms with Gasteiger partial charge in [-0.05, 0) is 13.3 Å². The maximum absolute atomic E-state index is 11.1. The lowest BCUT2D eigenvalue weighted by atomic mass is 10.2. The van der Waals surface area contributed by atoms with Crippen LogP contribution < -0.4 is 10.6 Å². The van der Waals surface area contributed by atoms with Crippen LogP contribution in [0.3, 0.4) is 0 Å². The molecular formula is C10H20N2O3. The van der Waals surface area contributed by atoms with Crippen LogP contribution >= 0.6 is 0 Å². The van der Waals surface area contributed by atoms with Gasteiger partial charge < -0.3 is 15.4 Å². The molecule has 0 aliphatic heterocycles. The van der Waals surface area contributed by atoms with Crippen molar-refractivity contribution in [3.63, 3.8) is 0 Å². The average Bonchev–Trinajstić information content (AvgIpc) is 2.22. The summed E-state index contributed by atoms with van der Waals surface area (Å²) < 4.78 is 4.65. The molecule has 0 bridgehead atoms. The molecule has 0 radical (unpaired) electrons. The molecule has 0 rings (SSSR count). The zero-order valence-corrected chi connectivity index (χ0v) is 9.47. The summed E-state index contributed by atoms with van der Waals surface area (Å²) in [5, 5.41) is 5.08. The Bertz CT molecular complexity index is 195. The highest BCUT2D eigenvalue weighted by atomic mass is 16.5. The first-order valence-electron chi connectivity index (χ1n) is 5.38. The summed E-state index contributed by atoms with van der Waals surface area (Å²) in [5.41, 5.74) is 0. The van der Waals surface area contributed by atoms with Gasteiger partial charge in [0.05, 0.1) is 6.61 Å². The van der Waals surface area contributed by atoms with E-state index in [-0.39, 0.29) is 12.6 Å². The predicted molar refractivity (Wildman–Crippen MR) is 57.6 cm³/mol. The van der Waals surface area contributed by atoms with E-state index in [1.807, 2.05) is 0 Å². The quantitative estimate of drug-likeness (QED) is 0.493. The third kappa shape index (κ3) is 9.05. The Labute approximate surface area is 90.6 Å². The maximum atomic E-state index is 11.1. The number of ether oxygens (including phenoxy) is 1. The number of hydrogen-bond acceptors (Lipinski definition) is 3. The number of esters is 1. The van der Waals surface area contributed by atoms with E-state index < -0.39 is 5.97 Å². The Morgan fingerprint density at radius 3 is 2.47 bits per heavy atom. The standard InChI is InChI=1S/C10H20N2O3/c1-3-5-6-7-11-10(14)12-8-9(13)15-4-2/h3-8H2,1-2H3,(H2,11,12,14). The van der Waals surface area contributed by atoms with Gasteiger partial charge in [0.1, 0.15) is 6.54 Å². The molecule has 5 heteroatoms. The molecule has 0 spiro atoms. The predicted octanol–water partition coefficient (Wildman–Crippen LogP) is 1.04. The van der Waals surface area contributed by atoms with E-state index in [0.29, 0.717) is 13.2 Å². The second kappa shape index (κ2) is 9.30. The van der Waals surface area contributed by atoms with Gasteiger partial charge in [-0.1, -0.05) is 19.8 Å². The number of nitrogens with one attached hydrogen (secondary N) is 2. The summed E-state index contributed by atoms with van der Waals surface area (Å²) >= 11 is 0. The highest BCUT2D eigenvalue weighted by Gasteiger charge is 2.04. The Kier molecular flexibility index (Phi) is 8.52. The molecule has 0 saturated heterocycles. The van der Waals surface area contributed by atoms with Crippen LogP contribution in [0, 0.1) is 0 Å². The van der Waals surface area contributed by atoms with Crippen LogP contribution in [-0.4, -0.2) is 31.7 Å². The molecule has 0 aromatic heterocycles. The number of amides is 2. The zero-order valence-electron chi connectivity index (χ0n) is 9.47. The minimum Gasteiger partial charge on any atom is -0.465 e. The lowest BCUT2D eigenvalue weighted by Gasteiger charge is -2.06. The molecule has 0 unspecified atom stereocenters. The van der Waals surface area contributed by atoms with E-state index in [1.165, 1.54) is 0 Å². The fraction of sp³-hybridized carbons (Fsp3) is 0.800. The lowest BCUT2D eigenvalue weighted by molar-refractivity contribution is -0.141. The largest absolute Gasteiger partial charge is 0.465 e. The molecule has 0 aliphatic rings. The van der Waals surface area contributed by atoms with Crippen molar-refractivity contribution < 1.29 is 14.3 Å². The van der Waals surface area contributed by atoms with E-state index in [4.69, 9.17) is 0 Å². The molecular weight excluding hydrogens is 196 g/mol.